The zero-order valence-corrected chi connectivity index (χ0v) is 11.3. The molecule has 0 radical (unpaired) electrons. The van der Waals surface area contributed by atoms with Gasteiger partial charge >= 0.3 is 0 Å². The molecule has 0 saturated carbocycles. The van der Waals surface area contributed by atoms with Crippen molar-refractivity contribution in [1.82, 2.24) is 4.98 Å². The lowest BCUT2D eigenvalue weighted by molar-refractivity contribution is 0.454. The summed E-state index contributed by atoms with van der Waals surface area (Å²) in [5.74, 6) is 0.400. The van der Waals surface area contributed by atoms with Gasteiger partial charge in [-0.1, -0.05) is 0 Å². The maximum Gasteiger partial charge on any atom is 0.219 e. The van der Waals surface area contributed by atoms with Crippen LogP contribution in [0, 0.1) is 5.82 Å². The maximum atomic E-state index is 13.1. The first kappa shape index (κ1) is 13.0. The quantitative estimate of drug-likeness (QED) is 0.938. The number of hydrogen-bond donors (Lipinski definition) is 1. The van der Waals surface area contributed by atoms with Gasteiger partial charge in [0, 0.05) is 24.4 Å². The average Bonchev–Trinajstić information content (AvgIpc) is 2.34. The number of halogens is 2. The number of hydrogen-bond acceptors (Lipinski definition) is 3. The van der Waals surface area contributed by atoms with Crippen molar-refractivity contribution < 1.29 is 9.13 Å². The summed E-state index contributed by atoms with van der Waals surface area (Å²) in [6.07, 6.45) is 1.61. The Labute approximate surface area is 113 Å². The van der Waals surface area contributed by atoms with Crippen LogP contribution in [0.25, 0.3) is 0 Å². The fourth-order valence-electron chi connectivity index (χ4n) is 1.43. The Kier molecular flexibility index (Phi) is 3.93. The average molecular weight is 311 g/mol. The highest BCUT2D eigenvalue weighted by molar-refractivity contribution is 9.10. The van der Waals surface area contributed by atoms with E-state index in [2.05, 4.69) is 20.9 Å². The summed E-state index contributed by atoms with van der Waals surface area (Å²) in [5.41, 5.74) is 6.69. The smallest absolute Gasteiger partial charge is 0.219 e. The van der Waals surface area contributed by atoms with Crippen LogP contribution in [-0.2, 0) is 0 Å². The van der Waals surface area contributed by atoms with Crippen molar-refractivity contribution in [2.24, 2.45) is 5.73 Å². The Bertz CT molecular complexity index is 560. The number of nitrogens with zero attached hydrogens (tertiary/aromatic N) is 1. The highest BCUT2D eigenvalue weighted by Gasteiger charge is 2.07. The van der Waals surface area contributed by atoms with Crippen LogP contribution in [0.5, 0.6) is 11.6 Å². The molecule has 2 aromatic rings. The molecule has 2 N–H and O–H groups in total. The van der Waals surface area contributed by atoms with Crippen molar-refractivity contribution in [3.8, 4) is 11.6 Å². The number of nitrogens with two attached hydrogens (primary N) is 1. The van der Waals surface area contributed by atoms with Crippen LogP contribution < -0.4 is 10.5 Å². The molecule has 1 aromatic heterocycles. The largest absolute Gasteiger partial charge is 0.438 e. The van der Waals surface area contributed by atoms with Gasteiger partial charge in [0.15, 0.2) is 0 Å². The van der Waals surface area contributed by atoms with Crippen LogP contribution in [0.2, 0.25) is 0 Å². The second-order valence-corrected chi connectivity index (χ2v) is 4.75. The normalized spacial score (nSPS) is 12.2. The molecular formula is C13H12BrFN2O. The van der Waals surface area contributed by atoms with Gasteiger partial charge in [-0.15, -0.1) is 0 Å². The van der Waals surface area contributed by atoms with E-state index in [0.717, 1.165) is 5.56 Å². The minimum absolute atomic E-state index is 0.105. The molecule has 0 saturated heterocycles. The molecule has 3 nitrogen and oxygen atoms in total. The van der Waals surface area contributed by atoms with Crippen molar-refractivity contribution in [2.45, 2.75) is 13.0 Å². The van der Waals surface area contributed by atoms with Crippen LogP contribution in [0.3, 0.4) is 0 Å². The highest BCUT2D eigenvalue weighted by atomic mass is 79.9. The van der Waals surface area contributed by atoms with E-state index >= 15 is 0 Å². The second kappa shape index (κ2) is 5.46. The lowest BCUT2D eigenvalue weighted by atomic mass is 10.1. The molecule has 0 amide bonds. The van der Waals surface area contributed by atoms with Crippen molar-refractivity contribution in [2.75, 3.05) is 0 Å². The summed E-state index contributed by atoms with van der Waals surface area (Å²) in [5, 5.41) is 0. The van der Waals surface area contributed by atoms with E-state index in [1.165, 1.54) is 12.1 Å². The zero-order valence-electron chi connectivity index (χ0n) is 9.73. The Balaban J connectivity index is 2.28. The summed E-state index contributed by atoms with van der Waals surface area (Å²) in [4.78, 5) is 4.07. The van der Waals surface area contributed by atoms with Crippen molar-refractivity contribution in [1.29, 1.82) is 0 Å². The SMILES string of the molecule is CC(N)c1ccnc(Oc2cc(F)ccc2Br)c1. The van der Waals surface area contributed by atoms with Crippen LogP contribution in [-0.4, -0.2) is 4.98 Å². The molecule has 1 aromatic carbocycles. The summed E-state index contributed by atoms with van der Waals surface area (Å²) in [7, 11) is 0. The molecule has 1 atom stereocenters. The van der Waals surface area contributed by atoms with Crippen LogP contribution in [0.1, 0.15) is 18.5 Å². The van der Waals surface area contributed by atoms with Crippen molar-refractivity contribution in [3.63, 3.8) is 0 Å². The first-order valence-corrected chi connectivity index (χ1v) is 6.20. The van der Waals surface area contributed by atoms with Gasteiger partial charge in [0.1, 0.15) is 11.6 Å². The molecule has 1 heterocycles. The lowest BCUT2D eigenvalue weighted by Crippen LogP contribution is -2.05. The molecule has 0 aliphatic rings. The Morgan fingerprint density at radius 3 is 2.83 bits per heavy atom. The van der Waals surface area contributed by atoms with Gasteiger partial charge in [0.2, 0.25) is 5.88 Å². The minimum atomic E-state index is -0.364. The summed E-state index contributed by atoms with van der Waals surface area (Å²) in [6.45, 7) is 1.87. The highest BCUT2D eigenvalue weighted by Crippen LogP contribution is 2.30. The number of pyridine rings is 1. The number of rotatable bonds is 3. The molecule has 0 bridgehead atoms. The molecule has 2 rings (SSSR count). The molecule has 18 heavy (non-hydrogen) atoms. The predicted octanol–water partition coefficient (Wildman–Crippen LogP) is 3.80. The Morgan fingerprint density at radius 2 is 2.11 bits per heavy atom. The summed E-state index contributed by atoms with van der Waals surface area (Å²) >= 11 is 3.29. The van der Waals surface area contributed by atoms with Gasteiger partial charge in [0.25, 0.3) is 0 Å². The lowest BCUT2D eigenvalue weighted by Gasteiger charge is -2.09. The van der Waals surface area contributed by atoms with Crippen LogP contribution in [0.4, 0.5) is 4.39 Å². The molecule has 94 valence electrons. The van der Waals surface area contributed by atoms with E-state index in [0.29, 0.717) is 16.1 Å². The Hall–Kier alpha value is -1.46. The summed E-state index contributed by atoms with van der Waals surface area (Å²) in [6, 6.07) is 7.68. The zero-order chi connectivity index (χ0) is 13.1. The molecule has 1 unspecified atom stereocenters. The predicted molar refractivity (Wildman–Crippen MR) is 71.0 cm³/mol. The van der Waals surface area contributed by atoms with E-state index < -0.39 is 0 Å². The molecule has 0 spiro atoms. The first-order chi connectivity index (χ1) is 8.56. The number of ether oxygens (including phenoxy) is 1. The summed E-state index contributed by atoms with van der Waals surface area (Å²) < 4.78 is 19.3. The van der Waals surface area contributed by atoms with Gasteiger partial charge in [0.05, 0.1) is 4.47 Å². The van der Waals surface area contributed by atoms with E-state index in [1.54, 1.807) is 18.3 Å². The monoisotopic (exact) mass is 310 g/mol. The van der Waals surface area contributed by atoms with Gasteiger partial charge in [-0.2, -0.15) is 0 Å². The van der Waals surface area contributed by atoms with Gasteiger partial charge in [-0.05, 0) is 46.6 Å². The van der Waals surface area contributed by atoms with E-state index in [4.69, 9.17) is 10.5 Å². The molecule has 0 aliphatic carbocycles. The number of aromatic nitrogens is 1. The van der Waals surface area contributed by atoms with E-state index in [-0.39, 0.29) is 11.9 Å². The van der Waals surface area contributed by atoms with Crippen molar-refractivity contribution >= 4 is 15.9 Å². The van der Waals surface area contributed by atoms with Crippen LogP contribution in [0.15, 0.2) is 41.0 Å². The second-order valence-electron chi connectivity index (χ2n) is 3.89. The molecule has 5 heteroatoms. The third kappa shape index (κ3) is 3.05. The fraction of sp³-hybridized carbons (Fsp3) is 0.154. The number of benzene rings is 1. The standard InChI is InChI=1S/C13H12BrFN2O/c1-8(16)9-4-5-17-13(6-9)18-12-7-10(15)2-3-11(12)14/h2-8H,16H2,1H3. The van der Waals surface area contributed by atoms with E-state index in [1.807, 2.05) is 13.0 Å². The molecular weight excluding hydrogens is 299 g/mol. The van der Waals surface area contributed by atoms with Crippen molar-refractivity contribution in [3.05, 3.63) is 52.4 Å². The van der Waals surface area contributed by atoms with Gasteiger partial charge in [-0.25, -0.2) is 9.37 Å². The molecule has 0 fully saturated rings. The van der Waals surface area contributed by atoms with E-state index in [9.17, 15) is 4.39 Å². The van der Waals surface area contributed by atoms with Gasteiger partial charge < -0.3 is 10.5 Å². The minimum Gasteiger partial charge on any atom is -0.438 e. The first-order valence-electron chi connectivity index (χ1n) is 5.40. The fourth-order valence-corrected chi connectivity index (χ4v) is 1.76. The topological polar surface area (TPSA) is 48.1 Å². The molecule has 0 aliphatic heterocycles. The van der Waals surface area contributed by atoms with Crippen LogP contribution >= 0.6 is 15.9 Å². The maximum absolute atomic E-state index is 13.1. The Morgan fingerprint density at radius 1 is 1.33 bits per heavy atom. The van der Waals surface area contributed by atoms with Gasteiger partial charge in [-0.3, -0.25) is 0 Å². The third-order valence-electron chi connectivity index (χ3n) is 2.39. The third-order valence-corrected chi connectivity index (χ3v) is 3.05.